The van der Waals surface area contributed by atoms with Gasteiger partial charge in [0.15, 0.2) is 5.78 Å². The zero-order valence-corrected chi connectivity index (χ0v) is 9.19. The highest BCUT2D eigenvalue weighted by molar-refractivity contribution is 5.97. The van der Waals surface area contributed by atoms with Crippen LogP contribution in [0.4, 0.5) is 0 Å². The minimum atomic E-state index is -0.310. The van der Waals surface area contributed by atoms with E-state index in [4.69, 9.17) is 0 Å². The second-order valence-electron chi connectivity index (χ2n) is 4.05. The van der Waals surface area contributed by atoms with E-state index in [0.717, 1.165) is 18.5 Å². The monoisotopic (exact) mass is 218 g/mol. The summed E-state index contributed by atoms with van der Waals surface area (Å²) in [5.74, 6) is -0.134. The molecule has 2 rings (SSSR count). The topological polar surface area (TPSA) is 59.1 Å². The van der Waals surface area contributed by atoms with Gasteiger partial charge in [-0.25, -0.2) is 4.98 Å². The van der Waals surface area contributed by atoms with Crippen LogP contribution >= 0.6 is 0 Å². The van der Waals surface area contributed by atoms with Gasteiger partial charge in [-0.3, -0.25) is 9.59 Å². The molecule has 0 spiro atoms. The molecule has 0 aliphatic heterocycles. The van der Waals surface area contributed by atoms with E-state index in [1.165, 1.54) is 0 Å². The molecule has 1 atom stereocenters. The lowest BCUT2D eigenvalue weighted by Crippen LogP contribution is -2.37. The average Bonchev–Trinajstić information content (AvgIpc) is 2.64. The molecule has 0 aromatic carbocycles. The van der Waals surface area contributed by atoms with Crippen LogP contribution in [0.25, 0.3) is 0 Å². The zero-order valence-electron chi connectivity index (χ0n) is 9.19. The van der Waals surface area contributed by atoms with Gasteiger partial charge < -0.3 is 5.32 Å². The Morgan fingerprint density at radius 1 is 1.50 bits per heavy atom. The molecule has 1 heterocycles. The van der Waals surface area contributed by atoms with Crippen LogP contribution in [0.2, 0.25) is 0 Å². The maximum absolute atomic E-state index is 11.8. The highest BCUT2D eigenvalue weighted by Crippen LogP contribution is 2.14. The van der Waals surface area contributed by atoms with Gasteiger partial charge in [-0.15, -0.1) is 0 Å². The van der Waals surface area contributed by atoms with Gasteiger partial charge in [0, 0.05) is 12.1 Å². The maximum atomic E-state index is 11.8. The number of aryl methyl sites for hydroxylation is 1. The molecule has 0 radical (unpaired) electrons. The molecule has 1 aliphatic carbocycles. The van der Waals surface area contributed by atoms with Gasteiger partial charge in [-0.1, -0.05) is 6.07 Å². The molecule has 1 N–H and O–H groups in total. The van der Waals surface area contributed by atoms with Crippen molar-refractivity contribution in [3.63, 3.8) is 0 Å². The summed E-state index contributed by atoms with van der Waals surface area (Å²) in [6.45, 7) is 1.83. The lowest BCUT2D eigenvalue weighted by molar-refractivity contribution is -0.118. The lowest BCUT2D eigenvalue weighted by Gasteiger charge is -2.10. The van der Waals surface area contributed by atoms with E-state index in [0.29, 0.717) is 12.1 Å². The summed E-state index contributed by atoms with van der Waals surface area (Å²) in [5.41, 5.74) is 1.17. The normalized spacial score (nSPS) is 19.8. The molecule has 0 saturated heterocycles. The number of hydrogen-bond acceptors (Lipinski definition) is 3. The second kappa shape index (κ2) is 4.43. The van der Waals surface area contributed by atoms with Crippen LogP contribution in [0.5, 0.6) is 0 Å². The van der Waals surface area contributed by atoms with Gasteiger partial charge in [0.1, 0.15) is 5.69 Å². The molecular weight excluding hydrogens is 204 g/mol. The number of ketones is 1. The number of nitrogens with zero attached hydrogens (tertiary/aromatic N) is 1. The van der Waals surface area contributed by atoms with E-state index >= 15 is 0 Å². The number of hydrogen-bond donors (Lipinski definition) is 1. The van der Waals surface area contributed by atoms with Gasteiger partial charge in [-0.2, -0.15) is 0 Å². The first-order valence-electron chi connectivity index (χ1n) is 5.44. The van der Waals surface area contributed by atoms with Gasteiger partial charge in [0.2, 0.25) is 0 Å². The van der Waals surface area contributed by atoms with Crippen molar-refractivity contribution in [2.45, 2.75) is 32.2 Å². The van der Waals surface area contributed by atoms with Crippen molar-refractivity contribution in [2.24, 2.45) is 0 Å². The number of aromatic nitrogens is 1. The molecule has 84 valence electrons. The predicted molar refractivity (Wildman–Crippen MR) is 59.1 cm³/mol. The van der Waals surface area contributed by atoms with Crippen LogP contribution in [0, 0.1) is 6.92 Å². The van der Waals surface area contributed by atoms with Gasteiger partial charge in [0.25, 0.3) is 5.91 Å². The fourth-order valence-corrected chi connectivity index (χ4v) is 1.87. The summed E-state index contributed by atoms with van der Waals surface area (Å²) in [5, 5.41) is 2.72. The Kier molecular flexibility index (Phi) is 2.99. The summed E-state index contributed by atoms with van der Waals surface area (Å²) < 4.78 is 0. The summed E-state index contributed by atoms with van der Waals surface area (Å²) >= 11 is 0. The third-order valence-electron chi connectivity index (χ3n) is 2.73. The summed E-state index contributed by atoms with van der Waals surface area (Å²) in [4.78, 5) is 27.3. The molecule has 1 fully saturated rings. The number of pyridine rings is 1. The fraction of sp³-hybridized carbons (Fsp3) is 0.417. The summed E-state index contributed by atoms with van der Waals surface area (Å²) in [6.07, 6.45) is 2.19. The van der Waals surface area contributed by atoms with E-state index in [1.807, 2.05) is 13.0 Å². The molecule has 0 unspecified atom stereocenters. The number of nitrogens with one attached hydrogen (secondary N) is 1. The number of rotatable bonds is 2. The minimum absolute atomic E-state index is 0.126. The first-order chi connectivity index (χ1) is 7.66. The van der Waals surface area contributed by atoms with Gasteiger partial charge in [-0.05, 0) is 31.9 Å². The molecule has 16 heavy (non-hydrogen) atoms. The van der Waals surface area contributed by atoms with Crippen LogP contribution in [0.3, 0.4) is 0 Å². The van der Waals surface area contributed by atoms with Crippen molar-refractivity contribution < 1.29 is 9.59 Å². The van der Waals surface area contributed by atoms with E-state index in [9.17, 15) is 9.59 Å². The van der Waals surface area contributed by atoms with E-state index in [2.05, 4.69) is 10.3 Å². The Labute approximate surface area is 94.1 Å². The second-order valence-corrected chi connectivity index (χ2v) is 4.05. The van der Waals surface area contributed by atoms with Crippen molar-refractivity contribution in [1.82, 2.24) is 10.3 Å². The first-order valence-corrected chi connectivity index (χ1v) is 5.44. The van der Waals surface area contributed by atoms with E-state index in [1.54, 1.807) is 12.1 Å². The summed E-state index contributed by atoms with van der Waals surface area (Å²) in [7, 11) is 0. The third-order valence-corrected chi connectivity index (χ3v) is 2.73. The van der Waals surface area contributed by atoms with Crippen molar-refractivity contribution in [3.05, 3.63) is 29.6 Å². The smallest absolute Gasteiger partial charge is 0.270 e. The van der Waals surface area contributed by atoms with E-state index < -0.39 is 0 Å². The third kappa shape index (κ3) is 2.27. The molecule has 1 saturated carbocycles. The average molecular weight is 218 g/mol. The van der Waals surface area contributed by atoms with Crippen LogP contribution in [0.1, 0.15) is 35.4 Å². The molecule has 1 aliphatic rings. The Morgan fingerprint density at radius 3 is 2.94 bits per heavy atom. The van der Waals surface area contributed by atoms with Gasteiger partial charge >= 0.3 is 0 Å². The Bertz CT molecular complexity index is 429. The maximum Gasteiger partial charge on any atom is 0.270 e. The van der Waals surface area contributed by atoms with Crippen molar-refractivity contribution in [1.29, 1.82) is 0 Å². The molecule has 0 bridgehead atoms. The first kappa shape index (κ1) is 10.8. The summed E-state index contributed by atoms with van der Waals surface area (Å²) in [6, 6.07) is 4.96. The largest absolute Gasteiger partial charge is 0.341 e. The van der Waals surface area contributed by atoms with Crippen LogP contribution in [-0.4, -0.2) is 22.7 Å². The highest BCUT2D eigenvalue weighted by atomic mass is 16.2. The molecule has 1 aromatic heterocycles. The number of carbonyl (C=O) groups is 2. The zero-order chi connectivity index (χ0) is 11.5. The number of carbonyl (C=O) groups excluding carboxylic acids is 2. The molecular formula is C12H14N2O2. The Balaban J connectivity index is 2.05. The number of amides is 1. The van der Waals surface area contributed by atoms with Crippen LogP contribution in [-0.2, 0) is 4.79 Å². The SMILES string of the molecule is Cc1cccc(C(=O)N[C@H]2CCCC2=O)n1. The molecule has 4 heteroatoms. The van der Waals surface area contributed by atoms with Crippen molar-refractivity contribution in [2.75, 3.05) is 0 Å². The lowest BCUT2D eigenvalue weighted by atomic mass is 10.2. The number of Topliss-reactive ketones (excluding diaryl/α,β-unsaturated/α-hetero) is 1. The predicted octanol–water partition coefficient (Wildman–Crippen LogP) is 1.24. The molecule has 4 nitrogen and oxygen atoms in total. The van der Waals surface area contributed by atoms with Crippen molar-refractivity contribution >= 4 is 11.7 Å². The minimum Gasteiger partial charge on any atom is -0.341 e. The van der Waals surface area contributed by atoms with E-state index in [-0.39, 0.29) is 17.7 Å². The van der Waals surface area contributed by atoms with Crippen molar-refractivity contribution in [3.8, 4) is 0 Å². The Morgan fingerprint density at radius 2 is 2.31 bits per heavy atom. The molecule has 1 aromatic rings. The quantitative estimate of drug-likeness (QED) is 0.812. The highest BCUT2D eigenvalue weighted by Gasteiger charge is 2.26. The fourth-order valence-electron chi connectivity index (χ4n) is 1.87. The molecule has 1 amide bonds. The standard InChI is InChI=1S/C12H14N2O2/c1-8-4-2-6-10(13-8)12(16)14-9-5-3-7-11(9)15/h2,4,6,9H,3,5,7H2,1H3,(H,14,16)/t9-/m0/s1. The van der Waals surface area contributed by atoms with Crippen LogP contribution < -0.4 is 5.32 Å². The van der Waals surface area contributed by atoms with Gasteiger partial charge in [0.05, 0.1) is 6.04 Å². The Hall–Kier alpha value is -1.71. The van der Waals surface area contributed by atoms with Crippen LogP contribution in [0.15, 0.2) is 18.2 Å².